The normalized spacial score (nSPS) is 21.1. The molecule has 0 spiro atoms. The Labute approximate surface area is 501 Å². The highest BCUT2D eigenvalue weighted by Gasteiger charge is 2.45. The maximum absolute atomic E-state index is 13.9. The van der Waals surface area contributed by atoms with Gasteiger partial charge in [0, 0.05) is 31.0 Å². The lowest BCUT2D eigenvalue weighted by Gasteiger charge is -2.39. The summed E-state index contributed by atoms with van der Waals surface area (Å²) in [5.74, 6) is -1.32. The Morgan fingerprint density at radius 3 is 1.81 bits per heavy atom. The molecule has 0 radical (unpaired) electrons. The van der Waals surface area contributed by atoms with E-state index in [0.717, 1.165) is 86.3 Å². The highest BCUT2D eigenvalue weighted by molar-refractivity contribution is 5.77. The van der Waals surface area contributed by atoms with Gasteiger partial charge in [-0.25, -0.2) is 14.2 Å². The molecule has 1 amide bonds. The van der Waals surface area contributed by atoms with Crippen molar-refractivity contribution in [1.29, 1.82) is 0 Å². The SMILES string of the molecule is CCCCCCCC/C=C/CCCCCCCC(=O)OC[C@H](CC(=O)NCc1cn(C[C@H]2O[C@@H](n3cc(C)c(=O)n(Cc4cn([C@@H]5O[C@H](CO)[C@@H](O)[C@H](O)[C@H]5O)nn4)c3=O)C[C@@H]2O)nn1)OC(=O)CCCCCCC/C=C/CCCCCCCC. The molecule has 3 aromatic rings. The highest BCUT2D eigenvalue weighted by atomic mass is 16.6. The first-order valence-corrected chi connectivity index (χ1v) is 31.9. The number of nitrogens with zero attached hydrogens (tertiary/aromatic N) is 8. The first-order valence-electron chi connectivity index (χ1n) is 31.9. The van der Waals surface area contributed by atoms with E-state index in [9.17, 15) is 49.5 Å². The van der Waals surface area contributed by atoms with E-state index in [-0.39, 0.29) is 63.2 Å². The maximum atomic E-state index is 13.9. The summed E-state index contributed by atoms with van der Waals surface area (Å²) in [6, 6.07) is 0. The number of carbonyl (C=O) groups excluding carboxylic acids is 3. The Morgan fingerprint density at radius 2 is 1.22 bits per heavy atom. The van der Waals surface area contributed by atoms with E-state index >= 15 is 0 Å². The number of nitrogens with one attached hydrogen (secondary N) is 1. The van der Waals surface area contributed by atoms with Crippen LogP contribution in [0, 0.1) is 6.92 Å². The van der Waals surface area contributed by atoms with Crippen molar-refractivity contribution in [3.8, 4) is 0 Å². The molecule has 85 heavy (non-hydrogen) atoms. The van der Waals surface area contributed by atoms with Crippen LogP contribution >= 0.6 is 0 Å². The number of unbranched alkanes of at least 4 members (excludes halogenated alkanes) is 22. The summed E-state index contributed by atoms with van der Waals surface area (Å²) < 4.78 is 27.6. The minimum Gasteiger partial charge on any atom is -0.462 e. The molecule has 9 atom stereocenters. The molecule has 0 aliphatic carbocycles. The predicted octanol–water partition coefficient (Wildman–Crippen LogP) is 7.41. The van der Waals surface area contributed by atoms with Crippen molar-refractivity contribution in [2.45, 2.75) is 288 Å². The summed E-state index contributed by atoms with van der Waals surface area (Å²) in [5, 5.41) is 70.7. The summed E-state index contributed by atoms with van der Waals surface area (Å²) >= 11 is 0. The van der Waals surface area contributed by atoms with E-state index in [4.69, 9.17) is 18.9 Å². The average molecular weight is 1200 g/mol. The predicted molar refractivity (Wildman–Crippen MR) is 319 cm³/mol. The molecule has 0 bridgehead atoms. The number of esters is 2. The Balaban J connectivity index is 1.06. The third-order valence-corrected chi connectivity index (χ3v) is 15.7. The fourth-order valence-electron chi connectivity index (χ4n) is 10.6. The highest BCUT2D eigenvalue weighted by Crippen LogP contribution is 2.30. The van der Waals surface area contributed by atoms with Gasteiger partial charge < -0.3 is 49.8 Å². The van der Waals surface area contributed by atoms with Crippen LogP contribution in [0.4, 0.5) is 0 Å². The van der Waals surface area contributed by atoms with Gasteiger partial charge in [0.2, 0.25) is 5.91 Å². The van der Waals surface area contributed by atoms with Crippen LogP contribution in [0.2, 0.25) is 0 Å². The summed E-state index contributed by atoms with van der Waals surface area (Å²) in [4.78, 5) is 66.4. The minimum atomic E-state index is -1.66. The molecule has 3 aromatic heterocycles. The van der Waals surface area contributed by atoms with Crippen LogP contribution in [0.25, 0.3) is 0 Å². The molecule has 0 saturated carbocycles. The van der Waals surface area contributed by atoms with E-state index in [0.29, 0.717) is 18.5 Å². The van der Waals surface area contributed by atoms with Gasteiger partial charge in [0.25, 0.3) is 5.56 Å². The number of amides is 1. The molecule has 23 heteroatoms. The number of hydrogen-bond acceptors (Lipinski definition) is 18. The second kappa shape index (κ2) is 40.1. The number of rotatable bonds is 44. The van der Waals surface area contributed by atoms with Crippen molar-refractivity contribution in [1.82, 2.24) is 44.4 Å². The van der Waals surface area contributed by atoms with Crippen molar-refractivity contribution in [2.24, 2.45) is 0 Å². The quantitative estimate of drug-likeness (QED) is 0.0182. The van der Waals surface area contributed by atoms with Crippen molar-refractivity contribution in [3.05, 3.63) is 80.7 Å². The molecular formula is C62H101N9O14. The Morgan fingerprint density at radius 1 is 0.671 bits per heavy atom. The van der Waals surface area contributed by atoms with Crippen LogP contribution in [0.5, 0.6) is 0 Å². The molecular weight excluding hydrogens is 1090 g/mol. The summed E-state index contributed by atoms with van der Waals surface area (Å²) in [7, 11) is 0. The summed E-state index contributed by atoms with van der Waals surface area (Å²) in [6.07, 6.45) is 31.9. The molecule has 5 rings (SSSR count). The van der Waals surface area contributed by atoms with Crippen LogP contribution in [-0.2, 0) is 53.0 Å². The Bertz CT molecular complexity index is 2560. The van der Waals surface area contributed by atoms with Gasteiger partial charge >= 0.3 is 17.6 Å². The zero-order valence-corrected chi connectivity index (χ0v) is 51.0. The lowest BCUT2D eigenvalue weighted by molar-refractivity contribution is -0.254. The smallest absolute Gasteiger partial charge is 0.333 e. The molecule has 2 saturated heterocycles. The van der Waals surface area contributed by atoms with Gasteiger partial charge in [0.05, 0.1) is 51.2 Å². The molecule has 6 N–H and O–H groups in total. The molecule has 2 fully saturated rings. The number of aliphatic hydroxyl groups excluding tert-OH is 5. The van der Waals surface area contributed by atoms with Crippen molar-refractivity contribution in [3.63, 3.8) is 0 Å². The fraction of sp³-hybridized carbons (Fsp3) is 0.758. The van der Waals surface area contributed by atoms with Crippen molar-refractivity contribution >= 4 is 17.8 Å². The Kier molecular flexibility index (Phi) is 33.2. The van der Waals surface area contributed by atoms with Gasteiger partial charge in [-0.1, -0.05) is 151 Å². The average Bonchev–Trinajstić information content (AvgIpc) is 2.26. The van der Waals surface area contributed by atoms with Crippen LogP contribution in [0.3, 0.4) is 0 Å². The molecule has 0 aromatic carbocycles. The molecule has 478 valence electrons. The second-order valence-corrected chi connectivity index (χ2v) is 23.1. The zero-order valence-electron chi connectivity index (χ0n) is 51.0. The summed E-state index contributed by atoms with van der Waals surface area (Å²) in [5.41, 5.74) is -0.710. The number of aromatic nitrogens is 8. The number of allylic oxidation sites excluding steroid dienone is 4. The van der Waals surface area contributed by atoms with E-state index < -0.39 is 90.9 Å². The first kappa shape index (κ1) is 70.3. The molecule has 0 unspecified atom stereocenters. The van der Waals surface area contributed by atoms with Crippen molar-refractivity contribution < 1.29 is 58.9 Å². The van der Waals surface area contributed by atoms with Gasteiger partial charge in [0.1, 0.15) is 60.8 Å². The van der Waals surface area contributed by atoms with E-state index in [2.05, 4.69) is 64.1 Å². The lowest BCUT2D eigenvalue weighted by Crippen LogP contribution is -2.56. The largest absolute Gasteiger partial charge is 0.462 e. The zero-order chi connectivity index (χ0) is 61.2. The number of aliphatic hydroxyl groups is 5. The Hall–Kier alpha value is -5.43. The minimum absolute atomic E-state index is 0.0106. The van der Waals surface area contributed by atoms with Crippen LogP contribution in [0.15, 0.2) is 52.5 Å². The van der Waals surface area contributed by atoms with Gasteiger partial charge in [-0.3, -0.25) is 28.3 Å². The van der Waals surface area contributed by atoms with Gasteiger partial charge in [-0.2, -0.15) is 0 Å². The van der Waals surface area contributed by atoms with E-state index in [1.165, 1.54) is 106 Å². The van der Waals surface area contributed by atoms with E-state index in [1.54, 1.807) is 6.20 Å². The maximum Gasteiger partial charge on any atom is 0.333 e. The number of carbonyl (C=O) groups is 3. The fourth-order valence-corrected chi connectivity index (χ4v) is 10.6. The van der Waals surface area contributed by atoms with Crippen LogP contribution in [-0.4, -0.2) is 138 Å². The third-order valence-electron chi connectivity index (χ3n) is 15.7. The topological polar surface area (TPSA) is 307 Å². The molecule has 23 nitrogen and oxygen atoms in total. The standard InChI is InChI=1S/C62H101N9O14/c1-4-6-8-10-12-14-16-18-20-22-24-26-28-30-32-34-55(75)82-45-49(83-56(76)35-33-31-29-27-25-23-21-19-17-15-13-11-9-7-5-2)36-53(74)63-38-47-40-68(66-64-47)43-51-50(73)37-54(84-51)69-39-46(3)60(80)70(62(69)81)41-48-42-71(67-65-48)61-59(79)58(78)57(77)52(44-72)85-61/h18-21,39-40,42,49-52,54,57-59,61,72-73,77-79H,4-17,22-38,41,43-45H2,1-3H3,(H,63,74)/b20-18+,21-19+/t49-,50-,51+,52+,54+,57+,58-,59+,61+/m0/s1. The van der Waals surface area contributed by atoms with Crippen molar-refractivity contribution in [2.75, 3.05) is 13.2 Å². The molecule has 2 aliphatic rings. The second-order valence-electron chi connectivity index (χ2n) is 23.1. The first-order chi connectivity index (χ1) is 41.2. The van der Waals surface area contributed by atoms with Gasteiger partial charge in [-0.15, -0.1) is 10.2 Å². The monoisotopic (exact) mass is 1200 g/mol. The van der Waals surface area contributed by atoms with Crippen LogP contribution < -0.4 is 16.6 Å². The molecule has 5 heterocycles. The van der Waals surface area contributed by atoms with Gasteiger partial charge in [-0.05, 0) is 71.1 Å². The molecule has 2 aliphatic heterocycles. The number of hydrogen-bond donors (Lipinski definition) is 6. The lowest BCUT2D eigenvalue weighted by atomic mass is 9.98. The summed E-state index contributed by atoms with van der Waals surface area (Å²) in [6.45, 7) is 4.72. The number of aryl methyl sites for hydroxylation is 1. The number of ether oxygens (including phenoxy) is 4. The van der Waals surface area contributed by atoms with E-state index in [1.807, 2.05) is 0 Å². The van der Waals surface area contributed by atoms with Crippen LogP contribution in [0.1, 0.15) is 236 Å². The van der Waals surface area contributed by atoms with Gasteiger partial charge in [0.15, 0.2) is 6.23 Å². The third kappa shape index (κ3) is 25.4.